The molecule has 2 N–H and O–H groups in total. The normalized spacial score (nSPS) is 12.1. The van der Waals surface area contributed by atoms with Crippen molar-refractivity contribution in [3.8, 4) is 0 Å². The summed E-state index contributed by atoms with van der Waals surface area (Å²) < 4.78 is 39.0. The van der Waals surface area contributed by atoms with E-state index in [-0.39, 0.29) is 10.6 Å². The lowest BCUT2D eigenvalue weighted by Crippen LogP contribution is -2.28. The fourth-order valence-electron chi connectivity index (χ4n) is 1.62. The van der Waals surface area contributed by atoms with Crippen LogP contribution in [0.4, 0.5) is 10.1 Å². The van der Waals surface area contributed by atoms with Crippen molar-refractivity contribution >= 4 is 15.7 Å². The van der Waals surface area contributed by atoms with E-state index >= 15 is 0 Å². The van der Waals surface area contributed by atoms with Gasteiger partial charge in [0.25, 0.3) is 0 Å². The van der Waals surface area contributed by atoms with E-state index < -0.39 is 15.8 Å². The molecule has 0 heterocycles. The van der Waals surface area contributed by atoms with Gasteiger partial charge in [0.05, 0.1) is 10.6 Å². The number of nitrogens with two attached hydrogens (primary N) is 1. The Morgan fingerprint density at radius 1 is 1.39 bits per heavy atom. The number of sulfonamides is 1. The molecule has 1 aromatic rings. The third-order valence-corrected chi connectivity index (χ3v) is 4.81. The fourth-order valence-corrected chi connectivity index (χ4v) is 3.06. The van der Waals surface area contributed by atoms with E-state index in [1.54, 1.807) is 6.92 Å². The minimum Gasteiger partial charge on any atom is -0.396 e. The van der Waals surface area contributed by atoms with E-state index in [1.807, 2.05) is 6.92 Å². The van der Waals surface area contributed by atoms with Crippen LogP contribution < -0.4 is 5.73 Å². The van der Waals surface area contributed by atoms with Gasteiger partial charge in [-0.1, -0.05) is 13.3 Å². The van der Waals surface area contributed by atoms with Gasteiger partial charge in [-0.05, 0) is 31.0 Å². The number of halogens is 1. The van der Waals surface area contributed by atoms with Crippen molar-refractivity contribution in [3.05, 3.63) is 23.5 Å². The monoisotopic (exact) mass is 274 g/mol. The van der Waals surface area contributed by atoms with Crippen LogP contribution in [0.5, 0.6) is 0 Å². The molecule has 0 aliphatic carbocycles. The molecule has 0 saturated heterocycles. The smallest absolute Gasteiger partial charge is 0.243 e. The summed E-state index contributed by atoms with van der Waals surface area (Å²) in [6.45, 7) is 3.99. The van der Waals surface area contributed by atoms with Gasteiger partial charge < -0.3 is 5.73 Å². The molecule has 0 saturated carbocycles. The van der Waals surface area contributed by atoms with Crippen LogP contribution in [0, 0.1) is 12.7 Å². The Labute approximate surface area is 108 Å². The first-order chi connectivity index (χ1) is 8.30. The molecule has 102 valence electrons. The van der Waals surface area contributed by atoms with Gasteiger partial charge in [0.2, 0.25) is 10.0 Å². The molecule has 0 unspecified atom stereocenters. The zero-order chi connectivity index (χ0) is 13.9. The SMILES string of the molecule is CCCCN(C)S(=O)(=O)c1cc(N)c(F)cc1C. The summed E-state index contributed by atoms with van der Waals surface area (Å²) in [7, 11) is -2.08. The van der Waals surface area contributed by atoms with Crippen molar-refractivity contribution in [3.63, 3.8) is 0 Å². The topological polar surface area (TPSA) is 63.4 Å². The zero-order valence-corrected chi connectivity index (χ0v) is 11.7. The van der Waals surface area contributed by atoms with E-state index in [4.69, 9.17) is 5.73 Å². The molecule has 0 aliphatic heterocycles. The Balaban J connectivity index is 3.16. The van der Waals surface area contributed by atoms with Gasteiger partial charge in [0.15, 0.2) is 0 Å². The summed E-state index contributed by atoms with van der Waals surface area (Å²) >= 11 is 0. The van der Waals surface area contributed by atoms with Crippen molar-refractivity contribution < 1.29 is 12.8 Å². The molecule has 0 aliphatic rings. The van der Waals surface area contributed by atoms with Crippen LogP contribution in [0.15, 0.2) is 17.0 Å². The zero-order valence-electron chi connectivity index (χ0n) is 10.9. The van der Waals surface area contributed by atoms with Gasteiger partial charge in [0.1, 0.15) is 5.82 Å². The van der Waals surface area contributed by atoms with E-state index in [0.29, 0.717) is 12.1 Å². The third-order valence-electron chi connectivity index (χ3n) is 2.81. The largest absolute Gasteiger partial charge is 0.396 e. The summed E-state index contributed by atoms with van der Waals surface area (Å²) in [4.78, 5) is 0.0694. The van der Waals surface area contributed by atoms with Crippen molar-refractivity contribution in [2.45, 2.75) is 31.6 Å². The maximum absolute atomic E-state index is 13.2. The number of nitrogens with zero attached hydrogens (tertiary/aromatic N) is 1. The van der Waals surface area contributed by atoms with E-state index in [9.17, 15) is 12.8 Å². The number of nitrogen functional groups attached to an aromatic ring is 1. The molecule has 6 heteroatoms. The van der Waals surface area contributed by atoms with Crippen LogP contribution in [0.2, 0.25) is 0 Å². The maximum Gasteiger partial charge on any atom is 0.243 e. The molecule has 0 aromatic heterocycles. The average molecular weight is 274 g/mol. The fraction of sp³-hybridized carbons (Fsp3) is 0.500. The highest BCUT2D eigenvalue weighted by atomic mass is 32.2. The number of aryl methyl sites for hydroxylation is 1. The highest BCUT2D eigenvalue weighted by Gasteiger charge is 2.23. The van der Waals surface area contributed by atoms with Gasteiger partial charge in [-0.25, -0.2) is 17.1 Å². The van der Waals surface area contributed by atoms with Crippen molar-refractivity contribution in [1.29, 1.82) is 0 Å². The molecule has 0 spiro atoms. The number of benzene rings is 1. The quantitative estimate of drug-likeness (QED) is 0.837. The Bertz CT molecular complexity index is 529. The minimum atomic E-state index is -3.59. The maximum atomic E-state index is 13.2. The van der Waals surface area contributed by atoms with Crippen LogP contribution >= 0.6 is 0 Å². The first-order valence-electron chi connectivity index (χ1n) is 5.82. The first kappa shape index (κ1) is 14.9. The number of rotatable bonds is 5. The molecule has 4 nitrogen and oxygen atoms in total. The predicted octanol–water partition coefficient (Wildman–Crippen LogP) is 2.14. The summed E-state index contributed by atoms with van der Waals surface area (Å²) in [5, 5.41) is 0. The van der Waals surface area contributed by atoms with Gasteiger partial charge in [-0.2, -0.15) is 0 Å². The van der Waals surface area contributed by atoms with E-state index in [1.165, 1.54) is 17.4 Å². The average Bonchev–Trinajstić information content (AvgIpc) is 2.30. The Morgan fingerprint density at radius 3 is 2.56 bits per heavy atom. The van der Waals surface area contributed by atoms with E-state index in [2.05, 4.69) is 0 Å². The third kappa shape index (κ3) is 3.00. The standard InChI is InChI=1S/C12H19FN2O2S/c1-4-5-6-15(3)18(16,17)12-8-11(14)10(13)7-9(12)2/h7-8H,4-6,14H2,1-3H3. The molecular formula is C12H19FN2O2S. The molecular weight excluding hydrogens is 255 g/mol. The molecule has 0 bridgehead atoms. The number of hydrogen-bond acceptors (Lipinski definition) is 3. The molecule has 1 rings (SSSR count). The second kappa shape index (κ2) is 5.67. The summed E-state index contributed by atoms with van der Waals surface area (Å²) in [6, 6.07) is 2.33. The lowest BCUT2D eigenvalue weighted by Gasteiger charge is -2.18. The van der Waals surface area contributed by atoms with E-state index in [0.717, 1.165) is 18.9 Å². The summed E-state index contributed by atoms with van der Waals surface area (Å²) in [5.74, 6) is -0.595. The second-order valence-corrected chi connectivity index (χ2v) is 6.33. The Morgan fingerprint density at radius 2 is 2.00 bits per heavy atom. The summed E-state index contributed by atoms with van der Waals surface area (Å²) in [5.41, 5.74) is 5.64. The Hall–Kier alpha value is -1.14. The van der Waals surface area contributed by atoms with Crippen LogP contribution in [-0.2, 0) is 10.0 Å². The summed E-state index contributed by atoms with van der Waals surface area (Å²) in [6.07, 6.45) is 1.69. The number of anilines is 1. The van der Waals surface area contributed by atoms with Crippen LogP contribution in [-0.4, -0.2) is 26.3 Å². The Kier molecular flexibility index (Phi) is 4.70. The van der Waals surface area contributed by atoms with Gasteiger partial charge in [0, 0.05) is 13.6 Å². The first-order valence-corrected chi connectivity index (χ1v) is 7.26. The van der Waals surface area contributed by atoms with Crippen LogP contribution in [0.25, 0.3) is 0 Å². The van der Waals surface area contributed by atoms with Gasteiger partial charge >= 0.3 is 0 Å². The highest BCUT2D eigenvalue weighted by molar-refractivity contribution is 7.89. The molecule has 0 amide bonds. The molecule has 0 fully saturated rings. The number of unbranched alkanes of at least 4 members (excludes halogenated alkanes) is 1. The molecule has 1 aromatic carbocycles. The van der Waals surface area contributed by atoms with Gasteiger partial charge in [-0.3, -0.25) is 0 Å². The van der Waals surface area contributed by atoms with Crippen molar-refractivity contribution in [2.24, 2.45) is 0 Å². The van der Waals surface area contributed by atoms with Crippen molar-refractivity contribution in [2.75, 3.05) is 19.3 Å². The molecule has 0 radical (unpaired) electrons. The number of hydrogen-bond donors (Lipinski definition) is 1. The predicted molar refractivity (Wildman–Crippen MR) is 70.3 cm³/mol. The van der Waals surface area contributed by atoms with Gasteiger partial charge in [-0.15, -0.1) is 0 Å². The van der Waals surface area contributed by atoms with Crippen molar-refractivity contribution in [1.82, 2.24) is 4.31 Å². The lowest BCUT2D eigenvalue weighted by atomic mass is 10.2. The lowest BCUT2D eigenvalue weighted by molar-refractivity contribution is 0.459. The van der Waals surface area contributed by atoms with Crippen LogP contribution in [0.1, 0.15) is 25.3 Å². The molecule has 18 heavy (non-hydrogen) atoms. The second-order valence-electron chi connectivity index (χ2n) is 4.32. The highest BCUT2D eigenvalue weighted by Crippen LogP contribution is 2.24. The minimum absolute atomic E-state index is 0.0694. The van der Waals surface area contributed by atoms with Crippen LogP contribution in [0.3, 0.4) is 0 Å². The molecule has 0 atom stereocenters.